The quantitative estimate of drug-likeness (QED) is 0.755. The molecule has 1 aliphatic rings. The summed E-state index contributed by atoms with van der Waals surface area (Å²) in [6.45, 7) is 0.437. The molecule has 9 nitrogen and oxygen atoms in total. The van der Waals surface area contributed by atoms with Gasteiger partial charge in [-0.15, -0.1) is 0 Å². The number of primary amides is 1. The first-order valence-corrected chi connectivity index (χ1v) is 10.7. The molecule has 1 fully saturated rings. The maximum atomic E-state index is 12.8. The summed E-state index contributed by atoms with van der Waals surface area (Å²) in [5, 5.41) is 0. The van der Waals surface area contributed by atoms with Gasteiger partial charge in [-0.1, -0.05) is 12.1 Å². The van der Waals surface area contributed by atoms with E-state index < -0.39 is 22.2 Å². The van der Waals surface area contributed by atoms with Crippen LogP contribution in [0.15, 0.2) is 30.5 Å². The second kappa shape index (κ2) is 8.05. The summed E-state index contributed by atoms with van der Waals surface area (Å²) in [6.07, 6.45) is 3.12. The van der Waals surface area contributed by atoms with Crippen LogP contribution >= 0.6 is 0 Å². The molecule has 29 heavy (non-hydrogen) atoms. The molecule has 2 N–H and O–H groups in total. The number of hydrogen-bond donors (Lipinski definition) is 1. The van der Waals surface area contributed by atoms with Gasteiger partial charge in [0.25, 0.3) is 10.2 Å². The molecule has 2 heterocycles. The van der Waals surface area contributed by atoms with Crippen molar-refractivity contribution in [2.24, 2.45) is 5.73 Å². The lowest BCUT2D eigenvalue weighted by Gasteiger charge is -2.28. The molecular weight excluding hydrogens is 392 g/mol. The Kier molecular flexibility index (Phi) is 5.87. The van der Waals surface area contributed by atoms with Gasteiger partial charge in [0.15, 0.2) is 0 Å². The summed E-state index contributed by atoms with van der Waals surface area (Å²) in [6, 6.07) is 6.44. The molecule has 0 unspecified atom stereocenters. The van der Waals surface area contributed by atoms with Crippen LogP contribution in [0.25, 0.3) is 11.1 Å². The third kappa shape index (κ3) is 4.09. The lowest BCUT2D eigenvalue weighted by atomic mass is 9.99. The first kappa shape index (κ1) is 21.2. The lowest BCUT2D eigenvalue weighted by molar-refractivity contribution is 0.100. The van der Waals surface area contributed by atoms with E-state index in [4.69, 9.17) is 10.7 Å². The molecule has 0 aliphatic carbocycles. The van der Waals surface area contributed by atoms with Crippen LogP contribution in [0.2, 0.25) is 0 Å². The predicted molar refractivity (Wildman–Crippen MR) is 112 cm³/mol. The fourth-order valence-corrected chi connectivity index (χ4v) is 4.70. The minimum atomic E-state index is -3.59. The minimum absolute atomic E-state index is 0.394. The molecule has 1 amide bonds. The average Bonchev–Trinajstić information content (AvgIpc) is 3.18. The highest BCUT2D eigenvalue weighted by atomic mass is 32.2. The van der Waals surface area contributed by atoms with Gasteiger partial charge >= 0.3 is 0 Å². The summed E-state index contributed by atoms with van der Waals surface area (Å²) in [4.78, 5) is 22.3. The Morgan fingerprint density at radius 3 is 2.38 bits per heavy atom. The highest BCUT2D eigenvalue weighted by Gasteiger charge is 2.38. The molecular formula is C19H26N6O3S. The van der Waals surface area contributed by atoms with E-state index in [1.165, 1.54) is 22.7 Å². The lowest BCUT2D eigenvalue weighted by Crippen LogP contribution is -2.40. The average molecular weight is 419 g/mol. The minimum Gasteiger partial charge on any atom is -0.366 e. The van der Waals surface area contributed by atoms with E-state index in [9.17, 15) is 13.2 Å². The van der Waals surface area contributed by atoms with Crippen molar-refractivity contribution < 1.29 is 13.2 Å². The van der Waals surface area contributed by atoms with Crippen molar-refractivity contribution in [1.29, 1.82) is 0 Å². The molecule has 0 radical (unpaired) electrons. The van der Waals surface area contributed by atoms with Gasteiger partial charge < -0.3 is 10.6 Å². The summed E-state index contributed by atoms with van der Waals surface area (Å²) in [5.74, 6) is 0.00151. The largest absolute Gasteiger partial charge is 0.366 e. The van der Waals surface area contributed by atoms with Crippen LogP contribution in [-0.2, 0) is 10.2 Å². The Labute approximate surface area is 171 Å². The number of nitrogens with two attached hydrogens (primary N) is 1. The Bertz CT molecular complexity index is 1010. The number of carbonyl (C=O) groups excluding carboxylic acids is 1. The number of hydrogen-bond acceptors (Lipinski definition) is 6. The normalized spacial score (nSPS) is 17.6. The zero-order chi connectivity index (χ0) is 21.3. The van der Waals surface area contributed by atoms with Crippen LogP contribution in [0.1, 0.15) is 34.9 Å². The molecule has 2 aromatic rings. The SMILES string of the molecule is CN(C)c1ncc(-c2ccc(C(N)=O)cc2)c([C@@H]2CCCN2S(=O)(=O)N(C)C)n1. The highest BCUT2D eigenvalue weighted by Crippen LogP contribution is 2.39. The Morgan fingerprint density at radius 2 is 1.83 bits per heavy atom. The van der Waals surface area contributed by atoms with Crippen molar-refractivity contribution in [1.82, 2.24) is 18.6 Å². The van der Waals surface area contributed by atoms with Gasteiger partial charge in [-0.05, 0) is 30.5 Å². The molecule has 0 saturated carbocycles. The van der Waals surface area contributed by atoms with Gasteiger partial charge in [-0.3, -0.25) is 4.79 Å². The van der Waals surface area contributed by atoms with E-state index in [1.807, 2.05) is 14.1 Å². The van der Waals surface area contributed by atoms with E-state index in [0.717, 1.165) is 17.5 Å². The number of benzene rings is 1. The summed E-state index contributed by atoms with van der Waals surface area (Å²) < 4.78 is 28.4. The van der Waals surface area contributed by atoms with Gasteiger partial charge in [0.05, 0.1) is 11.7 Å². The maximum absolute atomic E-state index is 12.8. The number of anilines is 1. The van der Waals surface area contributed by atoms with Crippen LogP contribution in [-0.4, -0.2) is 67.6 Å². The monoisotopic (exact) mass is 418 g/mol. The highest BCUT2D eigenvalue weighted by molar-refractivity contribution is 7.86. The van der Waals surface area contributed by atoms with Crippen LogP contribution in [0.3, 0.4) is 0 Å². The van der Waals surface area contributed by atoms with Gasteiger partial charge in [0.1, 0.15) is 0 Å². The molecule has 3 rings (SSSR count). The van der Waals surface area contributed by atoms with Gasteiger partial charge in [0, 0.05) is 52.1 Å². The van der Waals surface area contributed by atoms with Crippen molar-refractivity contribution in [2.75, 3.05) is 39.6 Å². The van der Waals surface area contributed by atoms with Crippen molar-refractivity contribution in [3.05, 3.63) is 41.7 Å². The fraction of sp³-hybridized carbons (Fsp3) is 0.421. The Hall–Kier alpha value is -2.56. The van der Waals surface area contributed by atoms with E-state index in [1.54, 1.807) is 35.4 Å². The van der Waals surface area contributed by atoms with Gasteiger partial charge in [0.2, 0.25) is 11.9 Å². The standard InChI is InChI=1S/C19H26N6O3S/c1-23(2)19-21-12-15(13-7-9-14(10-8-13)18(20)26)17(22-19)16-6-5-11-25(16)29(27,28)24(3)4/h7-10,12,16H,5-6,11H2,1-4H3,(H2,20,26)/t16-/m0/s1. The third-order valence-corrected chi connectivity index (χ3v) is 6.92. The first-order chi connectivity index (χ1) is 13.6. The number of amides is 1. The van der Waals surface area contributed by atoms with Crippen molar-refractivity contribution in [3.63, 3.8) is 0 Å². The molecule has 1 atom stereocenters. The van der Waals surface area contributed by atoms with Crippen LogP contribution in [0.4, 0.5) is 5.95 Å². The number of nitrogens with zero attached hydrogens (tertiary/aromatic N) is 5. The van der Waals surface area contributed by atoms with Crippen LogP contribution < -0.4 is 10.6 Å². The van der Waals surface area contributed by atoms with E-state index in [2.05, 4.69) is 4.98 Å². The van der Waals surface area contributed by atoms with Gasteiger partial charge in [-0.2, -0.15) is 17.0 Å². The number of aromatic nitrogens is 2. The zero-order valence-electron chi connectivity index (χ0n) is 17.0. The van der Waals surface area contributed by atoms with E-state index >= 15 is 0 Å². The van der Waals surface area contributed by atoms with Gasteiger partial charge in [-0.25, -0.2) is 9.97 Å². The van der Waals surface area contributed by atoms with Crippen molar-refractivity contribution in [3.8, 4) is 11.1 Å². The fourth-order valence-electron chi connectivity index (χ4n) is 3.39. The smallest absolute Gasteiger partial charge is 0.282 e. The molecule has 10 heteroatoms. The topological polar surface area (TPSA) is 113 Å². The summed E-state index contributed by atoms with van der Waals surface area (Å²) in [7, 11) is 3.14. The van der Waals surface area contributed by atoms with E-state index in [0.29, 0.717) is 30.2 Å². The Balaban J connectivity index is 2.13. The van der Waals surface area contributed by atoms with E-state index in [-0.39, 0.29) is 0 Å². The summed E-state index contributed by atoms with van der Waals surface area (Å²) >= 11 is 0. The number of rotatable bonds is 6. The third-order valence-electron chi connectivity index (χ3n) is 4.96. The molecule has 1 aromatic carbocycles. The molecule has 0 bridgehead atoms. The predicted octanol–water partition coefficient (Wildman–Crippen LogP) is 1.25. The first-order valence-electron chi connectivity index (χ1n) is 9.26. The molecule has 0 spiro atoms. The summed E-state index contributed by atoms with van der Waals surface area (Å²) in [5.41, 5.74) is 7.91. The molecule has 1 aliphatic heterocycles. The van der Waals surface area contributed by atoms with Crippen molar-refractivity contribution >= 4 is 22.1 Å². The van der Waals surface area contributed by atoms with Crippen LogP contribution in [0, 0.1) is 0 Å². The molecule has 156 valence electrons. The second-order valence-electron chi connectivity index (χ2n) is 7.36. The molecule has 1 aromatic heterocycles. The van der Waals surface area contributed by atoms with Crippen LogP contribution in [0.5, 0.6) is 0 Å². The number of carbonyl (C=O) groups is 1. The zero-order valence-corrected chi connectivity index (χ0v) is 17.8. The second-order valence-corrected chi connectivity index (χ2v) is 9.46. The molecule has 1 saturated heterocycles. The van der Waals surface area contributed by atoms with Crippen molar-refractivity contribution in [2.45, 2.75) is 18.9 Å². The maximum Gasteiger partial charge on any atom is 0.282 e. The Morgan fingerprint density at radius 1 is 1.17 bits per heavy atom.